The highest BCUT2D eigenvalue weighted by atomic mass is 16.5. The van der Waals surface area contributed by atoms with Crippen LogP contribution in [0.25, 0.3) is 5.57 Å². The molecule has 0 radical (unpaired) electrons. The second-order valence-electron chi connectivity index (χ2n) is 7.92. The van der Waals surface area contributed by atoms with Crippen molar-refractivity contribution in [2.75, 3.05) is 19.0 Å². The quantitative estimate of drug-likeness (QED) is 0.554. The SMILES string of the molecule is COc1ccc(CCN2C(=O)C(Nc3cc(C)ccc3C)=C(c3ccccc3)C2=O)cc1. The van der Waals surface area contributed by atoms with E-state index in [2.05, 4.69) is 5.32 Å². The van der Waals surface area contributed by atoms with Gasteiger partial charge in [-0.1, -0.05) is 54.6 Å². The highest BCUT2D eigenvalue weighted by Gasteiger charge is 2.39. The maximum absolute atomic E-state index is 13.4. The van der Waals surface area contributed by atoms with E-state index in [1.165, 1.54) is 4.90 Å². The number of amides is 2. The van der Waals surface area contributed by atoms with Gasteiger partial charge in [-0.2, -0.15) is 0 Å². The Morgan fingerprint density at radius 3 is 2.28 bits per heavy atom. The summed E-state index contributed by atoms with van der Waals surface area (Å²) < 4.78 is 5.20. The van der Waals surface area contributed by atoms with Crippen LogP contribution in [0.2, 0.25) is 0 Å². The monoisotopic (exact) mass is 426 g/mol. The molecule has 1 heterocycles. The first-order valence-corrected chi connectivity index (χ1v) is 10.6. The first kappa shape index (κ1) is 21.4. The Bertz CT molecular complexity index is 1180. The van der Waals surface area contributed by atoms with Crippen LogP contribution in [0.1, 0.15) is 22.3 Å². The molecule has 5 nitrogen and oxygen atoms in total. The maximum atomic E-state index is 13.4. The fourth-order valence-electron chi connectivity index (χ4n) is 3.81. The number of aryl methyl sites for hydroxylation is 2. The highest BCUT2D eigenvalue weighted by molar-refractivity contribution is 6.36. The molecule has 0 saturated heterocycles. The lowest BCUT2D eigenvalue weighted by atomic mass is 10.0. The maximum Gasteiger partial charge on any atom is 0.278 e. The van der Waals surface area contributed by atoms with Crippen LogP contribution in [-0.4, -0.2) is 30.4 Å². The third-order valence-electron chi connectivity index (χ3n) is 5.67. The number of methoxy groups -OCH3 is 1. The zero-order chi connectivity index (χ0) is 22.7. The van der Waals surface area contributed by atoms with Crippen LogP contribution in [0.3, 0.4) is 0 Å². The molecule has 4 rings (SSSR count). The Hall–Kier alpha value is -3.86. The molecule has 0 aromatic heterocycles. The number of imide groups is 1. The van der Waals surface area contributed by atoms with Gasteiger partial charge in [0.25, 0.3) is 11.8 Å². The van der Waals surface area contributed by atoms with Crippen LogP contribution < -0.4 is 10.1 Å². The van der Waals surface area contributed by atoms with E-state index in [-0.39, 0.29) is 11.8 Å². The first-order chi connectivity index (χ1) is 15.5. The molecule has 3 aromatic rings. The minimum Gasteiger partial charge on any atom is -0.497 e. The Morgan fingerprint density at radius 2 is 1.59 bits per heavy atom. The molecular weight excluding hydrogens is 400 g/mol. The smallest absolute Gasteiger partial charge is 0.278 e. The predicted molar refractivity (Wildman–Crippen MR) is 126 cm³/mol. The number of rotatable bonds is 7. The summed E-state index contributed by atoms with van der Waals surface area (Å²) in [5, 5.41) is 3.27. The van der Waals surface area contributed by atoms with Crippen LogP contribution in [0.5, 0.6) is 5.75 Å². The van der Waals surface area contributed by atoms with Gasteiger partial charge < -0.3 is 10.1 Å². The largest absolute Gasteiger partial charge is 0.497 e. The number of hydrogen-bond acceptors (Lipinski definition) is 4. The van der Waals surface area contributed by atoms with Crippen molar-refractivity contribution in [1.29, 1.82) is 0 Å². The number of nitrogens with one attached hydrogen (secondary N) is 1. The van der Waals surface area contributed by atoms with Crippen LogP contribution in [0, 0.1) is 13.8 Å². The van der Waals surface area contributed by atoms with Crippen molar-refractivity contribution in [3.63, 3.8) is 0 Å². The lowest BCUT2D eigenvalue weighted by molar-refractivity contribution is -0.136. The van der Waals surface area contributed by atoms with E-state index in [1.807, 2.05) is 86.6 Å². The minimum atomic E-state index is -0.303. The van der Waals surface area contributed by atoms with Crippen LogP contribution in [0.15, 0.2) is 78.5 Å². The molecule has 0 aliphatic carbocycles. The van der Waals surface area contributed by atoms with Crippen molar-refractivity contribution in [2.45, 2.75) is 20.3 Å². The molecule has 5 heteroatoms. The zero-order valence-corrected chi connectivity index (χ0v) is 18.5. The van der Waals surface area contributed by atoms with Gasteiger partial charge in [-0.15, -0.1) is 0 Å². The van der Waals surface area contributed by atoms with Crippen LogP contribution in [-0.2, 0) is 16.0 Å². The molecule has 0 atom stereocenters. The van der Waals surface area contributed by atoms with Crippen molar-refractivity contribution in [3.8, 4) is 5.75 Å². The van der Waals surface area contributed by atoms with Gasteiger partial charge >= 0.3 is 0 Å². The fraction of sp³-hybridized carbons (Fsp3) is 0.185. The molecular formula is C27H26N2O3. The molecule has 2 amide bonds. The van der Waals surface area contributed by atoms with Crippen molar-refractivity contribution in [2.24, 2.45) is 0 Å². The summed E-state index contributed by atoms with van der Waals surface area (Å²) in [4.78, 5) is 28.1. The summed E-state index contributed by atoms with van der Waals surface area (Å²) in [6.45, 7) is 4.28. The predicted octanol–water partition coefficient (Wildman–Crippen LogP) is 4.75. The summed E-state index contributed by atoms with van der Waals surface area (Å²) in [6, 6.07) is 23.0. The molecule has 0 fully saturated rings. The lowest BCUT2D eigenvalue weighted by Crippen LogP contribution is -2.34. The highest BCUT2D eigenvalue weighted by Crippen LogP contribution is 2.31. The summed E-state index contributed by atoms with van der Waals surface area (Å²) in [7, 11) is 1.62. The van der Waals surface area contributed by atoms with E-state index < -0.39 is 0 Å². The van der Waals surface area contributed by atoms with E-state index in [0.717, 1.165) is 33.7 Å². The third kappa shape index (κ3) is 4.28. The van der Waals surface area contributed by atoms with Gasteiger partial charge in [0.15, 0.2) is 0 Å². The standard InChI is InChI=1S/C27H26N2O3/c1-18-9-10-19(2)23(17-18)28-25-24(21-7-5-4-6-8-21)26(30)29(27(25)31)16-15-20-11-13-22(32-3)14-12-20/h4-14,17,28H,15-16H2,1-3H3. The Morgan fingerprint density at radius 1 is 0.875 bits per heavy atom. The first-order valence-electron chi connectivity index (χ1n) is 10.6. The molecule has 1 aliphatic rings. The number of benzene rings is 3. The number of hydrogen-bond donors (Lipinski definition) is 1. The minimum absolute atomic E-state index is 0.275. The summed E-state index contributed by atoms with van der Waals surface area (Å²) in [5.41, 5.74) is 5.40. The van der Waals surface area contributed by atoms with Gasteiger partial charge in [0.05, 0.1) is 12.7 Å². The van der Waals surface area contributed by atoms with Crippen LogP contribution in [0.4, 0.5) is 5.69 Å². The Balaban J connectivity index is 1.64. The molecule has 162 valence electrons. The summed E-state index contributed by atoms with van der Waals surface area (Å²) in [6.07, 6.45) is 0.570. The number of anilines is 1. The van der Waals surface area contributed by atoms with Gasteiger partial charge in [0.2, 0.25) is 0 Å². The van der Waals surface area contributed by atoms with Crippen molar-refractivity contribution < 1.29 is 14.3 Å². The topological polar surface area (TPSA) is 58.6 Å². The number of nitrogens with zero attached hydrogens (tertiary/aromatic N) is 1. The summed E-state index contributed by atoms with van der Waals surface area (Å²) >= 11 is 0. The second kappa shape index (κ2) is 9.10. The van der Waals surface area contributed by atoms with Crippen LogP contribution >= 0.6 is 0 Å². The molecule has 1 aliphatic heterocycles. The van der Waals surface area contributed by atoms with E-state index >= 15 is 0 Å². The molecule has 32 heavy (non-hydrogen) atoms. The second-order valence-corrected chi connectivity index (χ2v) is 7.92. The van der Waals surface area contributed by atoms with Gasteiger partial charge in [0.1, 0.15) is 11.4 Å². The lowest BCUT2D eigenvalue weighted by Gasteiger charge is -2.16. The Labute approximate surface area is 188 Å². The van der Waals surface area contributed by atoms with Gasteiger partial charge in [-0.25, -0.2) is 0 Å². The van der Waals surface area contributed by atoms with Crippen molar-refractivity contribution in [1.82, 2.24) is 4.90 Å². The van der Waals surface area contributed by atoms with Gasteiger partial charge in [-0.05, 0) is 60.7 Å². The normalized spacial score (nSPS) is 13.7. The van der Waals surface area contributed by atoms with Crippen molar-refractivity contribution in [3.05, 3.63) is 101 Å². The number of carbonyl (C=O) groups is 2. The molecule has 0 spiro atoms. The van der Waals surface area contributed by atoms with E-state index in [0.29, 0.717) is 24.2 Å². The van der Waals surface area contributed by atoms with E-state index in [9.17, 15) is 9.59 Å². The van der Waals surface area contributed by atoms with E-state index in [4.69, 9.17) is 4.74 Å². The molecule has 0 saturated carbocycles. The summed E-state index contributed by atoms with van der Waals surface area (Å²) in [5.74, 6) is 0.195. The van der Waals surface area contributed by atoms with Crippen molar-refractivity contribution >= 4 is 23.1 Å². The molecule has 3 aromatic carbocycles. The average molecular weight is 427 g/mol. The molecule has 0 bridgehead atoms. The zero-order valence-electron chi connectivity index (χ0n) is 18.5. The molecule has 0 unspecified atom stereocenters. The van der Waals surface area contributed by atoms with Gasteiger partial charge in [-0.3, -0.25) is 14.5 Å². The average Bonchev–Trinajstić information content (AvgIpc) is 3.04. The fourth-order valence-corrected chi connectivity index (χ4v) is 3.81. The molecule has 1 N–H and O–H groups in total. The van der Waals surface area contributed by atoms with Gasteiger partial charge in [0, 0.05) is 12.2 Å². The Kier molecular flexibility index (Phi) is 6.08. The van der Waals surface area contributed by atoms with E-state index in [1.54, 1.807) is 7.11 Å². The number of carbonyl (C=O) groups excluding carboxylic acids is 2. The number of ether oxygens (including phenoxy) is 1. The third-order valence-corrected chi connectivity index (χ3v) is 5.67.